The Labute approximate surface area is 139 Å². The van der Waals surface area contributed by atoms with E-state index in [0.29, 0.717) is 24.2 Å². The third-order valence-corrected chi connectivity index (χ3v) is 3.94. The van der Waals surface area contributed by atoms with Crippen molar-refractivity contribution in [2.24, 2.45) is 7.05 Å². The van der Waals surface area contributed by atoms with Crippen molar-refractivity contribution in [2.75, 3.05) is 20.3 Å². The topological polar surface area (TPSA) is 76.1 Å². The van der Waals surface area contributed by atoms with E-state index in [2.05, 4.69) is 10.3 Å². The largest absolute Gasteiger partial charge is 0.383 e. The number of pyridine rings is 1. The Morgan fingerprint density at radius 2 is 2.00 bits per heavy atom. The molecule has 124 valence electrons. The number of nitrogens with zero attached hydrogens (tertiary/aromatic N) is 1. The van der Waals surface area contributed by atoms with Gasteiger partial charge in [0, 0.05) is 49.6 Å². The molecule has 6 heteroatoms. The first-order chi connectivity index (χ1) is 11.6. The van der Waals surface area contributed by atoms with Gasteiger partial charge < -0.3 is 19.6 Å². The molecular weight excluding hydrogens is 306 g/mol. The molecule has 0 bridgehead atoms. The van der Waals surface area contributed by atoms with Crippen LogP contribution in [-0.4, -0.2) is 35.7 Å². The Balaban J connectivity index is 1.92. The first kappa shape index (κ1) is 16.0. The van der Waals surface area contributed by atoms with Crippen LogP contribution >= 0.6 is 0 Å². The van der Waals surface area contributed by atoms with E-state index in [1.807, 2.05) is 24.4 Å². The Morgan fingerprint density at radius 3 is 2.71 bits per heavy atom. The molecule has 24 heavy (non-hydrogen) atoms. The van der Waals surface area contributed by atoms with E-state index in [1.165, 1.54) is 0 Å². The minimum atomic E-state index is -0.133. The summed E-state index contributed by atoms with van der Waals surface area (Å²) in [5, 5.41) is 3.66. The van der Waals surface area contributed by atoms with Crippen LogP contribution in [0.2, 0.25) is 0 Å². The maximum absolute atomic E-state index is 12.1. The van der Waals surface area contributed by atoms with E-state index in [1.54, 1.807) is 37.1 Å². The standard InChI is InChI=1S/C18H19N3O3/c1-21-11-15(14-7-8-19-16(14)18(21)23)12-3-5-13(6-4-12)17(22)20-9-10-24-2/h3-8,11,19H,9-10H2,1-2H3,(H,20,22). The average molecular weight is 325 g/mol. The lowest BCUT2D eigenvalue weighted by Gasteiger charge is -2.08. The smallest absolute Gasteiger partial charge is 0.274 e. The van der Waals surface area contributed by atoms with E-state index in [4.69, 9.17) is 4.74 Å². The molecule has 0 atom stereocenters. The molecule has 0 radical (unpaired) electrons. The highest BCUT2D eigenvalue weighted by Crippen LogP contribution is 2.26. The van der Waals surface area contributed by atoms with Crippen LogP contribution in [-0.2, 0) is 11.8 Å². The molecule has 1 amide bonds. The number of rotatable bonds is 5. The van der Waals surface area contributed by atoms with Crippen LogP contribution < -0.4 is 10.9 Å². The number of benzene rings is 1. The van der Waals surface area contributed by atoms with E-state index in [9.17, 15) is 9.59 Å². The Kier molecular flexibility index (Phi) is 4.48. The summed E-state index contributed by atoms with van der Waals surface area (Å²) in [7, 11) is 3.32. The highest BCUT2D eigenvalue weighted by atomic mass is 16.5. The van der Waals surface area contributed by atoms with Gasteiger partial charge in [-0.3, -0.25) is 9.59 Å². The first-order valence-corrected chi connectivity index (χ1v) is 7.66. The molecule has 1 aromatic carbocycles. The number of methoxy groups -OCH3 is 1. The Morgan fingerprint density at radius 1 is 1.25 bits per heavy atom. The second-order valence-electron chi connectivity index (χ2n) is 5.55. The quantitative estimate of drug-likeness (QED) is 0.704. The molecule has 0 aliphatic carbocycles. The molecule has 0 unspecified atom stereocenters. The number of nitrogens with one attached hydrogen (secondary N) is 2. The molecule has 0 spiro atoms. The number of fused-ring (bicyclic) bond motifs is 1. The first-order valence-electron chi connectivity index (χ1n) is 7.66. The van der Waals surface area contributed by atoms with Crippen molar-refractivity contribution in [2.45, 2.75) is 0 Å². The number of ether oxygens (including phenoxy) is 1. The maximum Gasteiger partial charge on any atom is 0.274 e. The van der Waals surface area contributed by atoms with Crippen molar-refractivity contribution in [1.29, 1.82) is 0 Å². The molecule has 0 aliphatic heterocycles. The second kappa shape index (κ2) is 6.72. The molecule has 0 saturated carbocycles. The number of hydrogen-bond acceptors (Lipinski definition) is 3. The molecule has 2 N–H and O–H groups in total. The van der Waals surface area contributed by atoms with Gasteiger partial charge in [-0.25, -0.2) is 0 Å². The van der Waals surface area contributed by atoms with Crippen molar-refractivity contribution < 1.29 is 9.53 Å². The number of aromatic nitrogens is 2. The van der Waals surface area contributed by atoms with Crippen molar-refractivity contribution in [3.63, 3.8) is 0 Å². The van der Waals surface area contributed by atoms with Gasteiger partial charge >= 0.3 is 0 Å². The van der Waals surface area contributed by atoms with Crippen LogP contribution in [0, 0.1) is 0 Å². The summed E-state index contributed by atoms with van der Waals surface area (Å²) in [6, 6.07) is 9.22. The van der Waals surface area contributed by atoms with E-state index in [-0.39, 0.29) is 11.5 Å². The monoisotopic (exact) mass is 325 g/mol. The maximum atomic E-state index is 12.1. The van der Waals surface area contributed by atoms with Crippen LogP contribution in [0.15, 0.2) is 47.5 Å². The Bertz CT molecular complexity index is 923. The highest BCUT2D eigenvalue weighted by molar-refractivity contribution is 5.97. The van der Waals surface area contributed by atoms with Crippen molar-refractivity contribution in [1.82, 2.24) is 14.9 Å². The summed E-state index contributed by atoms with van der Waals surface area (Å²) in [5.41, 5.74) is 3.00. The van der Waals surface area contributed by atoms with Crippen molar-refractivity contribution in [3.05, 3.63) is 58.6 Å². The van der Waals surface area contributed by atoms with Crippen LogP contribution in [0.3, 0.4) is 0 Å². The molecule has 3 aromatic rings. The lowest BCUT2D eigenvalue weighted by atomic mass is 10.0. The molecule has 3 rings (SSSR count). The molecule has 2 aromatic heterocycles. The number of aromatic amines is 1. The second-order valence-corrected chi connectivity index (χ2v) is 5.55. The fourth-order valence-corrected chi connectivity index (χ4v) is 2.67. The number of carbonyl (C=O) groups excluding carboxylic acids is 1. The lowest BCUT2D eigenvalue weighted by Crippen LogP contribution is -2.26. The van der Waals surface area contributed by atoms with Gasteiger partial charge in [0.25, 0.3) is 11.5 Å². The molecule has 6 nitrogen and oxygen atoms in total. The fourth-order valence-electron chi connectivity index (χ4n) is 2.67. The van der Waals surface area contributed by atoms with Gasteiger partial charge in [-0.2, -0.15) is 0 Å². The van der Waals surface area contributed by atoms with Gasteiger partial charge in [-0.05, 0) is 23.8 Å². The predicted molar refractivity (Wildman–Crippen MR) is 93.2 cm³/mol. The molecule has 0 fully saturated rings. The highest BCUT2D eigenvalue weighted by Gasteiger charge is 2.11. The summed E-state index contributed by atoms with van der Waals surface area (Å²) in [5.74, 6) is -0.133. The lowest BCUT2D eigenvalue weighted by molar-refractivity contribution is 0.0937. The van der Waals surface area contributed by atoms with Crippen LogP contribution in [0.4, 0.5) is 0 Å². The summed E-state index contributed by atoms with van der Waals surface area (Å²) in [6.45, 7) is 0.954. The summed E-state index contributed by atoms with van der Waals surface area (Å²) in [4.78, 5) is 27.1. The van der Waals surface area contributed by atoms with Crippen LogP contribution in [0.5, 0.6) is 0 Å². The van der Waals surface area contributed by atoms with Crippen molar-refractivity contribution in [3.8, 4) is 11.1 Å². The number of aryl methyl sites for hydroxylation is 1. The van der Waals surface area contributed by atoms with Gasteiger partial charge in [-0.15, -0.1) is 0 Å². The van der Waals surface area contributed by atoms with E-state index < -0.39 is 0 Å². The van der Waals surface area contributed by atoms with E-state index >= 15 is 0 Å². The minimum Gasteiger partial charge on any atom is -0.383 e. The van der Waals surface area contributed by atoms with Crippen LogP contribution in [0.1, 0.15) is 10.4 Å². The predicted octanol–water partition coefficient (Wildman–Crippen LogP) is 1.91. The molecular formula is C18H19N3O3. The SMILES string of the molecule is COCCNC(=O)c1ccc(-c2cn(C)c(=O)c3[nH]ccc23)cc1. The molecule has 0 aliphatic rings. The van der Waals surface area contributed by atoms with Gasteiger partial charge in [0.05, 0.1) is 6.61 Å². The normalized spacial score (nSPS) is 10.9. The fraction of sp³-hybridized carbons (Fsp3) is 0.222. The number of carbonyl (C=O) groups is 1. The minimum absolute atomic E-state index is 0.0621. The van der Waals surface area contributed by atoms with Gasteiger partial charge in [0.1, 0.15) is 5.52 Å². The van der Waals surface area contributed by atoms with Crippen LogP contribution in [0.25, 0.3) is 22.0 Å². The molecule has 0 saturated heterocycles. The number of hydrogen-bond donors (Lipinski definition) is 2. The Hall–Kier alpha value is -2.86. The van der Waals surface area contributed by atoms with Gasteiger partial charge in [0.15, 0.2) is 0 Å². The summed E-state index contributed by atoms with van der Waals surface area (Å²) < 4.78 is 6.47. The molecule has 2 heterocycles. The summed E-state index contributed by atoms with van der Waals surface area (Å²) in [6.07, 6.45) is 3.57. The average Bonchev–Trinajstić information content (AvgIpc) is 3.08. The van der Waals surface area contributed by atoms with Gasteiger partial charge in [-0.1, -0.05) is 12.1 Å². The van der Waals surface area contributed by atoms with Gasteiger partial charge in [0.2, 0.25) is 0 Å². The third-order valence-electron chi connectivity index (χ3n) is 3.94. The van der Waals surface area contributed by atoms with E-state index in [0.717, 1.165) is 16.5 Å². The van der Waals surface area contributed by atoms with Crippen molar-refractivity contribution >= 4 is 16.8 Å². The zero-order chi connectivity index (χ0) is 17.1. The third kappa shape index (κ3) is 2.96. The number of H-pyrrole nitrogens is 1. The zero-order valence-corrected chi connectivity index (χ0v) is 13.6. The number of amides is 1. The zero-order valence-electron chi connectivity index (χ0n) is 13.6. The summed E-state index contributed by atoms with van der Waals surface area (Å²) >= 11 is 0.